The number of nitrogens with zero attached hydrogens (tertiary/aromatic N) is 3. The molecule has 0 aliphatic carbocycles. The normalized spacial score (nSPS) is 13.9. The number of para-hydroxylation sites is 1. The van der Waals surface area contributed by atoms with E-state index in [0.29, 0.717) is 25.4 Å². The van der Waals surface area contributed by atoms with Crippen LogP contribution in [0.4, 0.5) is 5.69 Å². The van der Waals surface area contributed by atoms with E-state index in [2.05, 4.69) is 74.0 Å². The number of anilines is 1. The zero-order valence-corrected chi connectivity index (χ0v) is 22.5. The Bertz CT molecular complexity index is 1240. The molecule has 35 heavy (non-hydrogen) atoms. The minimum Gasteiger partial charge on any atom is -0.487 e. The molecule has 178 valence electrons. The second kappa shape index (κ2) is 11.6. The van der Waals surface area contributed by atoms with Crippen molar-refractivity contribution in [2.24, 2.45) is 0 Å². The van der Waals surface area contributed by atoms with Crippen LogP contribution in [0.25, 0.3) is 6.08 Å². The van der Waals surface area contributed by atoms with Crippen LogP contribution in [0.15, 0.2) is 81.2 Å². The lowest BCUT2D eigenvalue weighted by Crippen LogP contribution is -2.49. The van der Waals surface area contributed by atoms with Crippen molar-refractivity contribution in [3.8, 4) is 11.8 Å². The van der Waals surface area contributed by atoms with Crippen molar-refractivity contribution in [3.63, 3.8) is 0 Å². The maximum absolute atomic E-state index is 13.1. The summed E-state index contributed by atoms with van der Waals surface area (Å²) in [7, 11) is 0. The van der Waals surface area contributed by atoms with E-state index in [4.69, 9.17) is 4.74 Å². The molecule has 1 fully saturated rings. The molecule has 3 aromatic carbocycles. The van der Waals surface area contributed by atoms with Gasteiger partial charge in [-0.25, -0.2) is 0 Å². The van der Waals surface area contributed by atoms with Crippen molar-refractivity contribution in [1.29, 1.82) is 5.26 Å². The van der Waals surface area contributed by atoms with E-state index in [-0.39, 0.29) is 11.5 Å². The number of carbonyl (C=O) groups excluding carboxylic acids is 1. The number of piperazine rings is 1. The molecule has 7 heteroatoms. The van der Waals surface area contributed by atoms with Crippen LogP contribution >= 0.6 is 31.9 Å². The summed E-state index contributed by atoms with van der Waals surface area (Å²) in [6.07, 6.45) is 1.63. The van der Waals surface area contributed by atoms with E-state index >= 15 is 0 Å². The van der Waals surface area contributed by atoms with Gasteiger partial charge in [-0.2, -0.15) is 5.26 Å². The van der Waals surface area contributed by atoms with E-state index in [0.717, 1.165) is 38.8 Å². The molecule has 4 rings (SSSR count). The van der Waals surface area contributed by atoms with Crippen LogP contribution in [0.2, 0.25) is 0 Å². The molecule has 1 heterocycles. The zero-order chi connectivity index (χ0) is 24.8. The van der Waals surface area contributed by atoms with Gasteiger partial charge in [0, 0.05) is 31.9 Å². The first-order valence-corrected chi connectivity index (χ1v) is 12.9. The number of rotatable bonds is 6. The Hall–Kier alpha value is -3.08. The van der Waals surface area contributed by atoms with E-state index in [1.165, 1.54) is 5.56 Å². The first-order chi connectivity index (χ1) is 16.9. The number of hydrogen-bond acceptors (Lipinski definition) is 4. The third kappa shape index (κ3) is 6.33. The highest BCUT2D eigenvalue weighted by atomic mass is 79.9. The van der Waals surface area contributed by atoms with E-state index in [1.54, 1.807) is 11.0 Å². The summed E-state index contributed by atoms with van der Waals surface area (Å²) >= 11 is 7.14. The van der Waals surface area contributed by atoms with Crippen LogP contribution in [-0.2, 0) is 11.4 Å². The summed E-state index contributed by atoms with van der Waals surface area (Å²) < 4.78 is 7.49. The van der Waals surface area contributed by atoms with Gasteiger partial charge in [0.25, 0.3) is 5.91 Å². The standard InChI is InChI=1S/C28H25Br2N3O2/c1-20-7-9-21(10-8-20)19-35-27-25(29)16-22(17-26(27)30)15-23(18-31)28(34)33-13-11-32(12-14-33)24-5-3-2-4-6-24/h2-10,15-17H,11-14,19H2,1H3/b23-15-. The van der Waals surface area contributed by atoms with Crippen LogP contribution in [0.1, 0.15) is 16.7 Å². The third-order valence-corrected chi connectivity index (χ3v) is 7.05. The van der Waals surface area contributed by atoms with Gasteiger partial charge in [0.15, 0.2) is 0 Å². The first kappa shape index (κ1) is 25.0. The van der Waals surface area contributed by atoms with Gasteiger partial charge in [-0.3, -0.25) is 4.79 Å². The maximum atomic E-state index is 13.1. The van der Waals surface area contributed by atoms with Crippen molar-refractivity contribution >= 4 is 49.5 Å². The van der Waals surface area contributed by atoms with Crippen LogP contribution in [-0.4, -0.2) is 37.0 Å². The van der Waals surface area contributed by atoms with Crippen LogP contribution < -0.4 is 9.64 Å². The molecular formula is C28H25Br2N3O2. The largest absolute Gasteiger partial charge is 0.487 e. The molecule has 0 spiro atoms. The smallest absolute Gasteiger partial charge is 0.264 e. The summed E-state index contributed by atoms with van der Waals surface area (Å²) in [5.74, 6) is 0.428. The number of carbonyl (C=O) groups is 1. The maximum Gasteiger partial charge on any atom is 0.264 e. The molecular weight excluding hydrogens is 570 g/mol. The minimum absolute atomic E-state index is 0.116. The summed E-state index contributed by atoms with van der Waals surface area (Å²) in [5.41, 5.74) is 4.27. The lowest BCUT2D eigenvalue weighted by Gasteiger charge is -2.36. The topological polar surface area (TPSA) is 56.6 Å². The molecule has 0 aromatic heterocycles. The summed E-state index contributed by atoms with van der Waals surface area (Å²) in [5, 5.41) is 9.72. The number of halogens is 2. The lowest BCUT2D eigenvalue weighted by atomic mass is 10.1. The molecule has 1 saturated heterocycles. The molecule has 0 unspecified atom stereocenters. The first-order valence-electron chi connectivity index (χ1n) is 11.3. The molecule has 1 aliphatic rings. The van der Waals surface area contributed by atoms with E-state index < -0.39 is 0 Å². The Morgan fingerprint density at radius 1 is 1.00 bits per heavy atom. The lowest BCUT2D eigenvalue weighted by molar-refractivity contribution is -0.126. The third-order valence-electron chi connectivity index (χ3n) is 5.87. The van der Waals surface area contributed by atoms with Crippen molar-refractivity contribution in [2.45, 2.75) is 13.5 Å². The quantitative estimate of drug-likeness (QED) is 0.246. The Labute approximate surface area is 222 Å². The minimum atomic E-state index is -0.243. The summed E-state index contributed by atoms with van der Waals surface area (Å²) in [4.78, 5) is 17.1. The highest BCUT2D eigenvalue weighted by molar-refractivity contribution is 9.11. The van der Waals surface area contributed by atoms with Gasteiger partial charge < -0.3 is 14.5 Å². The fourth-order valence-electron chi connectivity index (χ4n) is 3.93. The summed E-state index contributed by atoms with van der Waals surface area (Å²) in [6.45, 7) is 5.10. The van der Waals surface area contributed by atoms with Crippen LogP contribution in [0.5, 0.6) is 5.75 Å². The van der Waals surface area contributed by atoms with Crippen molar-refractivity contribution in [3.05, 3.63) is 97.9 Å². The van der Waals surface area contributed by atoms with Crippen molar-refractivity contribution < 1.29 is 9.53 Å². The number of ether oxygens (including phenoxy) is 1. The molecule has 0 radical (unpaired) electrons. The molecule has 5 nitrogen and oxygen atoms in total. The SMILES string of the molecule is Cc1ccc(COc2c(Br)cc(/C=C(/C#N)C(=O)N3CCN(c4ccccc4)CC3)cc2Br)cc1. The molecule has 0 bridgehead atoms. The molecule has 3 aromatic rings. The second-order valence-electron chi connectivity index (χ2n) is 8.37. The molecule has 0 atom stereocenters. The van der Waals surface area contributed by atoms with Gasteiger partial charge >= 0.3 is 0 Å². The van der Waals surface area contributed by atoms with Gasteiger partial charge in [-0.05, 0) is 80.3 Å². The fourth-order valence-corrected chi connectivity index (χ4v) is 5.38. The van der Waals surface area contributed by atoms with Crippen LogP contribution in [0.3, 0.4) is 0 Å². The molecule has 0 saturated carbocycles. The second-order valence-corrected chi connectivity index (χ2v) is 10.1. The Morgan fingerprint density at radius 3 is 2.23 bits per heavy atom. The van der Waals surface area contributed by atoms with Gasteiger partial charge in [-0.15, -0.1) is 0 Å². The zero-order valence-electron chi connectivity index (χ0n) is 19.4. The van der Waals surface area contributed by atoms with Gasteiger partial charge in [-0.1, -0.05) is 48.0 Å². The molecule has 1 amide bonds. The van der Waals surface area contributed by atoms with E-state index in [1.807, 2.05) is 42.5 Å². The average molecular weight is 595 g/mol. The summed E-state index contributed by atoms with van der Waals surface area (Å²) in [6, 6.07) is 24.1. The Balaban J connectivity index is 1.43. The van der Waals surface area contributed by atoms with E-state index in [9.17, 15) is 10.1 Å². The number of nitriles is 1. The Morgan fingerprint density at radius 2 is 1.63 bits per heavy atom. The predicted octanol–water partition coefficient (Wildman–Crippen LogP) is 6.35. The Kier molecular flexibility index (Phi) is 8.27. The van der Waals surface area contributed by atoms with Gasteiger partial charge in [0.2, 0.25) is 0 Å². The highest BCUT2D eigenvalue weighted by Gasteiger charge is 2.24. The number of aryl methyl sites for hydroxylation is 1. The molecule has 0 N–H and O–H groups in total. The number of hydrogen-bond donors (Lipinski definition) is 0. The predicted molar refractivity (Wildman–Crippen MR) is 146 cm³/mol. The van der Waals surface area contributed by atoms with Crippen molar-refractivity contribution in [2.75, 3.05) is 31.1 Å². The average Bonchev–Trinajstić information content (AvgIpc) is 2.88. The number of amides is 1. The van der Waals surface area contributed by atoms with Gasteiger partial charge in [0.05, 0.1) is 8.95 Å². The van der Waals surface area contributed by atoms with Crippen LogP contribution in [0, 0.1) is 18.3 Å². The molecule has 1 aliphatic heterocycles. The fraction of sp³-hybridized carbons (Fsp3) is 0.214. The van der Waals surface area contributed by atoms with Gasteiger partial charge in [0.1, 0.15) is 24.0 Å². The number of benzene rings is 3. The monoisotopic (exact) mass is 593 g/mol. The van der Waals surface area contributed by atoms with Crippen molar-refractivity contribution in [1.82, 2.24) is 4.90 Å². The highest BCUT2D eigenvalue weighted by Crippen LogP contribution is 2.36.